The number of hydrogen-bond donors (Lipinski definition) is 1. The number of nitrogens with one attached hydrogen (secondary N) is 1. The summed E-state index contributed by atoms with van der Waals surface area (Å²) in [5.74, 6) is -0.400. The molecule has 0 bridgehead atoms. The van der Waals surface area contributed by atoms with Gasteiger partial charge in [-0.2, -0.15) is 0 Å². The lowest BCUT2D eigenvalue weighted by Gasteiger charge is -2.32. The maximum Gasteiger partial charge on any atom is 0.243 e. The first-order valence-electron chi connectivity index (χ1n) is 13.3. The lowest BCUT2D eigenvalue weighted by atomic mass is 10.0. The number of carbonyl (C=O) groups is 2. The minimum Gasteiger partial charge on any atom is -0.352 e. The third-order valence-corrected chi connectivity index (χ3v) is 8.49. The van der Waals surface area contributed by atoms with E-state index in [1.54, 1.807) is 35.2 Å². The molecular weight excluding hydrogens is 510 g/mol. The normalized spacial score (nSPS) is 12.4. The maximum absolute atomic E-state index is 13.8. The molecule has 8 heteroatoms. The third kappa shape index (κ3) is 8.50. The van der Waals surface area contributed by atoms with E-state index in [1.165, 1.54) is 11.4 Å². The Morgan fingerprint density at radius 2 is 1.46 bits per heavy atom. The smallest absolute Gasteiger partial charge is 0.243 e. The molecule has 0 aliphatic rings. The van der Waals surface area contributed by atoms with Crippen molar-refractivity contribution in [3.05, 3.63) is 102 Å². The summed E-state index contributed by atoms with van der Waals surface area (Å²) >= 11 is 0. The van der Waals surface area contributed by atoms with Crippen LogP contribution in [-0.4, -0.2) is 55.1 Å². The van der Waals surface area contributed by atoms with Gasteiger partial charge >= 0.3 is 0 Å². The van der Waals surface area contributed by atoms with Crippen LogP contribution < -0.4 is 5.32 Å². The molecule has 0 saturated heterocycles. The van der Waals surface area contributed by atoms with E-state index >= 15 is 0 Å². The van der Waals surface area contributed by atoms with Gasteiger partial charge in [0, 0.05) is 39.0 Å². The Morgan fingerprint density at radius 3 is 2.08 bits per heavy atom. The first-order valence-corrected chi connectivity index (χ1v) is 14.7. The largest absolute Gasteiger partial charge is 0.352 e. The molecule has 39 heavy (non-hydrogen) atoms. The molecule has 0 saturated carbocycles. The van der Waals surface area contributed by atoms with Crippen LogP contribution in [0.25, 0.3) is 0 Å². The van der Waals surface area contributed by atoms with Gasteiger partial charge in [0.15, 0.2) is 0 Å². The van der Waals surface area contributed by atoms with E-state index in [0.717, 1.165) is 16.7 Å². The lowest BCUT2D eigenvalue weighted by Crippen LogP contribution is -2.52. The van der Waals surface area contributed by atoms with E-state index in [4.69, 9.17) is 0 Å². The molecule has 0 spiro atoms. The van der Waals surface area contributed by atoms with Crippen LogP contribution >= 0.6 is 0 Å². The van der Waals surface area contributed by atoms with Crippen LogP contribution in [0.15, 0.2) is 89.8 Å². The van der Waals surface area contributed by atoms with Gasteiger partial charge in [-0.05, 0) is 56.0 Å². The summed E-state index contributed by atoms with van der Waals surface area (Å²) in [7, 11) is -2.13. The van der Waals surface area contributed by atoms with E-state index in [9.17, 15) is 18.0 Å². The van der Waals surface area contributed by atoms with E-state index in [-0.39, 0.29) is 42.3 Å². The molecule has 3 aromatic rings. The molecule has 3 aromatic carbocycles. The second-order valence-electron chi connectivity index (χ2n) is 10.1. The summed E-state index contributed by atoms with van der Waals surface area (Å²) in [4.78, 5) is 29.1. The van der Waals surface area contributed by atoms with Crippen LogP contribution in [0.2, 0.25) is 0 Å². The molecule has 0 aromatic heterocycles. The zero-order valence-electron chi connectivity index (χ0n) is 23.2. The Morgan fingerprint density at radius 1 is 0.872 bits per heavy atom. The van der Waals surface area contributed by atoms with Crippen LogP contribution in [0.4, 0.5) is 0 Å². The average Bonchev–Trinajstić information content (AvgIpc) is 2.92. The highest BCUT2D eigenvalue weighted by atomic mass is 32.2. The minimum absolute atomic E-state index is 0.0805. The summed E-state index contributed by atoms with van der Waals surface area (Å²) in [5, 5.41) is 2.99. The maximum atomic E-state index is 13.8. The quantitative estimate of drug-likeness (QED) is 0.339. The van der Waals surface area contributed by atoms with Gasteiger partial charge in [0.05, 0.1) is 4.90 Å². The van der Waals surface area contributed by atoms with Crippen LogP contribution in [0.3, 0.4) is 0 Å². The van der Waals surface area contributed by atoms with Gasteiger partial charge in [-0.25, -0.2) is 12.7 Å². The number of carbonyl (C=O) groups excluding carboxylic acids is 2. The monoisotopic (exact) mass is 549 g/mol. The van der Waals surface area contributed by atoms with E-state index < -0.39 is 16.1 Å². The van der Waals surface area contributed by atoms with Crippen molar-refractivity contribution in [3.63, 3.8) is 0 Å². The second-order valence-corrected chi connectivity index (χ2v) is 12.1. The van der Waals surface area contributed by atoms with Crippen molar-refractivity contribution in [2.24, 2.45) is 0 Å². The highest BCUT2D eigenvalue weighted by Crippen LogP contribution is 2.19. The van der Waals surface area contributed by atoms with Crippen molar-refractivity contribution in [3.8, 4) is 0 Å². The SMILES string of the molecule is Cc1ccccc1CN(C(=O)CCCN(C)S(=O)(=O)c1ccccc1)[C@@H](Cc1ccccc1)C(=O)NC(C)C. The van der Waals surface area contributed by atoms with E-state index in [2.05, 4.69) is 5.32 Å². The molecule has 1 N–H and O–H groups in total. The summed E-state index contributed by atoms with van der Waals surface area (Å²) in [6, 6.07) is 24.9. The van der Waals surface area contributed by atoms with Crippen LogP contribution in [0.1, 0.15) is 43.4 Å². The number of rotatable bonds is 13. The van der Waals surface area contributed by atoms with Gasteiger partial charge in [0.2, 0.25) is 21.8 Å². The van der Waals surface area contributed by atoms with Gasteiger partial charge < -0.3 is 10.2 Å². The summed E-state index contributed by atoms with van der Waals surface area (Å²) in [5.41, 5.74) is 2.95. The predicted molar refractivity (Wildman–Crippen MR) is 154 cm³/mol. The van der Waals surface area contributed by atoms with Crippen molar-refractivity contribution in [2.45, 2.75) is 63.6 Å². The number of aryl methyl sites for hydroxylation is 1. The Labute approximate surface area is 232 Å². The lowest BCUT2D eigenvalue weighted by molar-refractivity contribution is -0.141. The standard InChI is InChI=1S/C31H39N3O4S/c1-24(2)32-31(36)29(22-26-15-7-5-8-16-26)34(23-27-17-12-11-14-25(27)3)30(35)20-13-21-33(4)39(37,38)28-18-9-6-10-19-28/h5-12,14-19,24,29H,13,20-23H2,1-4H3,(H,32,36)/t29-/m0/s1. The number of hydrogen-bond acceptors (Lipinski definition) is 4. The highest BCUT2D eigenvalue weighted by molar-refractivity contribution is 7.89. The van der Waals surface area contributed by atoms with E-state index in [1.807, 2.05) is 75.4 Å². The molecule has 0 radical (unpaired) electrons. The van der Waals surface area contributed by atoms with Crippen molar-refractivity contribution < 1.29 is 18.0 Å². The van der Waals surface area contributed by atoms with Gasteiger partial charge in [-0.1, -0.05) is 72.8 Å². The first-order chi connectivity index (χ1) is 18.6. The third-order valence-electron chi connectivity index (χ3n) is 6.62. The fourth-order valence-electron chi connectivity index (χ4n) is 4.39. The molecule has 1 atom stereocenters. The minimum atomic E-state index is -3.65. The number of nitrogens with zero attached hydrogens (tertiary/aromatic N) is 2. The molecule has 0 fully saturated rings. The molecule has 0 aliphatic carbocycles. The summed E-state index contributed by atoms with van der Waals surface area (Å²) in [6.45, 7) is 6.25. The van der Waals surface area contributed by atoms with Crippen molar-refractivity contribution in [1.82, 2.24) is 14.5 Å². The number of benzene rings is 3. The molecule has 2 amide bonds. The Bertz CT molecular complexity index is 1330. The molecule has 0 unspecified atom stereocenters. The molecular formula is C31H39N3O4S. The van der Waals surface area contributed by atoms with Crippen LogP contribution in [0, 0.1) is 6.92 Å². The molecule has 208 valence electrons. The van der Waals surface area contributed by atoms with Crippen LogP contribution in [0.5, 0.6) is 0 Å². The van der Waals surface area contributed by atoms with Gasteiger partial charge in [0.25, 0.3) is 0 Å². The topological polar surface area (TPSA) is 86.8 Å². The zero-order chi connectivity index (χ0) is 28.4. The van der Waals surface area contributed by atoms with Gasteiger partial charge in [-0.3, -0.25) is 9.59 Å². The molecule has 7 nitrogen and oxygen atoms in total. The fraction of sp³-hybridized carbons (Fsp3) is 0.355. The molecule has 3 rings (SSSR count). The number of amides is 2. The Balaban J connectivity index is 1.83. The fourth-order valence-corrected chi connectivity index (χ4v) is 5.63. The Kier molecular flexibility index (Phi) is 10.8. The molecule has 0 aliphatic heterocycles. The Hall–Kier alpha value is -3.49. The summed E-state index contributed by atoms with van der Waals surface area (Å²) < 4.78 is 27.1. The van der Waals surface area contributed by atoms with Crippen LogP contribution in [-0.2, 0) is 32.6 Å². The first kappa shape index (κ1) is 30.1. The molecule has 0 heterocycles. The number of sulfonamides is 1. The van der Waals surface area contributed by atoms with Crippen molar-refractivity contribution in [1.29, 1.82) is 0 Å². The van der Waals surface area contributed by atoms with Gasteiger partial charge in [-0.15, -0.1) is 0 Å². The average molecular weight is 550 g/mol. The van der Waals surface area contributed by atoms with Crippen molar-refractivity contribution in [2.75, 3.05) is 13.6 Å². The highest BCUT2D eigenvalue weighted by Gasteiger charge is 2.31. The summed E-state index contributed by atoms with van der Waals surface area (Å²) in [6.07, 6.45) is 0.815. The second kappa shape index (κ2) is 14.1. The zero-order valence-corrected chi connectivity index (χ0v) is 24.0. The van der Waals surface area contributed by atoms with Gasteiger partial charge in [0.1, 0.15) is 6.04 Å². The van der Waals surface area contributed by atoms with E-state index in [0.29, 0.717) is 12.8 Å². The predicted octanol–water partition coefficient (Wildman–Crippen LogP) is 4.56. The van der Waals surface area contributed by atoms with Crippen molar-refractivity contribution >= 4 is 21.8 Å².